The van der Waals surface area contributed by atoms with Gasteiger partial charge in [-0.2, -0.15) is 5.10 Å². The van der Waals surface area contributed by atoms with Gasteiger partial charge in [-0.15, -0.1) is 0 Å². The highest BCUT2D eigenvalue weighted by molar-refractivity contribution is 6.32. The first-order valence-electron chi connectivity index (χ1n) is 9.69. The van der Waals surface area contributed by atoms with Crippen LogP contribution in [0.15, 0.2) is 47.6 Å². The number of amides is 1. The van der Waals surface area contributed by atoms with Crippen molar-refractivity contribution < 1.29 is 19.1 Å². The summed E-state index contributed by atoms with van der Waals surface area (Å²) < 4.78 is 12.4. The third-order valence-electron chi connectivity index (χ3n) is 3.92. The molecule has 0 atom stereocenters. The minimum atomic E-state index is -0.954. The Morgan fingerprint density at radius 3 is 2.50 bits per heavy atom. The van der Waals surface area contributed by atoms with E-state index in [4.69, 9.17) is 9.47 Å². The maximum absolute atomic E-state index is 12.0. The molecule has 0 fully saturated rings. The molecule has 1 heterocycles. The second kappa shape index (κ2) is 11.7. The number of nitrogens with zero attached hydrogens (tertiary/aromatic N) is 3. The Bertz CT molecular complexity index is 831. The number of benzene rings is 1. The van der Waals surface area contributed by atoms with Gasteiger partial charge in [0.2, 0.25) is 5.88 Å². The first kappa shape index (κ1) is 21.3. The van der Waals surface area contributed by atoms with E-state index < -0.39 is 11.9 Å². The van der Waals surface area contributed by atoms with Crippen LogP contribution in [0.1, 0.15) is 46.0 Å². The zero-order valence-electron chi connectivity index (χ0n) is 16.5. The summed E-state index contributed by atoms with van der Waals surface area (Å²) >= 11 is 0. The largest absolute Gasteiger partial charge is 0.478 e. The van der Waals surface area contributed by atoms with Crippen molar-refractivity contribution in [3.63, 3.8) is 0 Å². The predicted octanol–water partition coefficient (Wildman–Crippen LogP) is 3.21. The number of hydrogen-bond donors (Lipinski definition) is 0. The van der Waals surface area contributed by atoms with Gasteiger partial charge in [-0.05, 0) is 25.0 Å². The summed E-state index contributed by atoms with van der Waals surface area (Å²) in [5.41, 5.74) is 0.821. The lowest BCUT2D eigenvalue weighted by atomic mass is 10.3. The maximum Gasteiger partial charge on any atom is 0.399 e. The predicted molar refractivity (Wildman–Crippen MR) is 105 cm³/mol. The lowest BCUT2D eigenvalue weighted by molar-refractivity contribution is -0.153. The van der Waals surface area contributed by atoms with Crippen molar-refractivity contribution in [2.75, 3.05) is 13.2 Å². The van der Waals surface area contributed by atoms with Crippen molar-refractivity contribution in [1.29, 1.82) is 0 Å². The van der Waals surface area contributed by atoms with E-state index in [1.54, 1.807) is 10.7 Å². The number of carbonyl (C=O) groups is 2. The molecule has 1 aromatic heterocycles. The van der Waals surface area contributed by atoms with Crippen molar-refractivity contribution in [2.24, 2.45) is 4.99 Å². The molecule has 0 N–H and O–H groups in total. The van der Waals surface area contributed by atoms with Crippen LogP contribution in [0.3, 0.4) is 0 Å². The second-order valence-electron chi connectivity index (χ2n) is 6.26. The summed E-state index contributed by atoms with van der Waals surface area (Å²) in [7, 11) is 0. The number of rotatable bonds is 9. The number of ether oxygens (including phenoxy) is 2. The number of esters is 1. The summed E-state index contributed by atoms with van der Waals surface area (Å²) in [5.74, 6) is -1.45. The molecule has 7 nitrogen and oxygen atoms in total. The van der Waals surface area contributed by atoms with E-state index in [0.29, 0.717) is 12.5 Å². The fourth-order valence-electron chi connectivity index (χ4n) is 2.39. The van der Waals surface area contributed by atoms with Crippen LogP contribution >= 0.6 is 0 Å². The Morgan fingerprint density at radius 1 is 1.04 bits per heavy atom. The minimum Gasteiger partial charge on any atom is -0.478 e. The van der Waals surface area contributed by atoms with Gasteiger partial charge in [0.15, 0.2) is 0 Å². The average Bonchev–Trinajstić information content (AvgIpc) is 2.72. The number of carbonyl (C=O) groups excluding carboxylic acids is 2. The lowest BCUT2D eigenvalue weighted by Crippen LogP contribution is -2.20. The van der Waals surface area contributed by atoms with Gasteiger partial charge in [-0.1, -0.05) is 51.3 Å². The van der Waals surface area contributed by atoms with Gasteiger partial charge >= 0.3 is 11.9 Å². The molecule has 0 saturated heterocycles. The molecule has 1 aromatic carbocycles. The van der Waals surface area contributed by atoms with E-state index in [1.165, 1.54) is 6.20 Å². The summed E-state index contributed by atoms with van der Waals surface area (Å²) in [4.78, 5) is 27.6. The number of hydrogen-bond acceptors (Lipinski definition) is 5. The van der Waals surface area contributed by atoms with E-state index in [1.807, 2.05) is 37.3 Å². The molecule has 7 heteroatoms. The SMILES string of the molecule is CCCCCOC(=O)C(=O)N=c1cnn(-c2ccccc2)c(OCCCC)c1. The van der Waals surface area contributed by atoms with Crippen LogP contribution in [0.2, 0.25) is 0 Å². The van der Waals surface area contributed by atoms with Gasteiger partial charge in [-0.3, -0.25) is 4.79 Å². The molecule has 0 aliphatic carbocycles. The minimum absolute atomic E-state index is 0.223. The Hall–Kier alpha value is -2.96. The summed E-state index contributed by atoms with van der Waals surface area (Å²) in [6, 6.07) is 11.1. The molecule has 2 rings (SSSR count). The Balaban J connectivity index is 2.20. The highest BCUT2D eigenvalue weighted by atomic mass is 16.5. The molecule has 0 unspecified atom stereocenters. The van der Waals surface area contributed by atoms with Gasteiger partial charge in [-0.25, -0.2) is 14.5 Å². The van der Waals surface area contributed by atoms with Crippen molar-refractivity contribution in [3.8, 4) is 11.6 Å². The Kier molecular flexibility index (Phi) is 8.91. The van der Waals surface area contributed by atoms with Crippen LogP contribution in [0.4, 0.5) is 0 Å². The normalized spacial score (nSPS) is 11.3. The van der Waals surface area contributed by atoms with Crippen LogP contribution in [-0.4, -0.2) is 34.9 Å². The molecule has 1 amide bonds. The molecule has 0 spiro atoms. The van der Waals surface area contributed by atoms with Gasteiger partial charge in [0, 0.05) is 6.07 Å². The first-order valence-corrected chi connectivity index (χ1v) is 9.69. The van der Waals surface area contributed by atoms with E-state index in [0.717, 1.165) is 37.8 Å². The first-order chi connectivity index (χ1) is 13.7. The van der Waals surface area contributed by atoms with Crippen LogP contribution in [-0.2, 0) is 14.3 Å². The molecule has 2 aromatic rings. The molecule has 0 aliphatic heterocycles. The summed E-state index contributed by atoms with van der Waals surface area (Å²) in [5, 5.41) is 4.56. The standard InChI is InChI=1S/C21H27N3O4/c1-3-5-10-14-28-21(26)20(25)23-17-15-19(27-13-6-4-2)24(22-16-17)18-11-8-7-9-12-18/h7-9,11-12,15-16H,3-6,10,13-14H2,1-2H3. The third kappa shape index (κ3) is 6.64. The van der Waals surface area contributed by atoms with Crippen molar-refractivity contribution >= 4 is 11.9 Å². The average molecular weight is 385 g/mol. The topological polar surface area (TPSA) is 82.8 Å². The van der Waals surface area contributed by atoms with E-state index in [2.05, 4.69) is 17.0 Å². The molecule has 0 aliphatic rings. The van der Waals surface area contributed by atoms with Gasteiger partial charge in [0.1, 0.15) is 0 Å². The fourth-order valence-corrected chi connectivity index (χ4v) is 2.39. The van der Waals surface area contributed by atoms with Crippen molar-refractivity contribution in [1.82, 2.24) is 9.78 Å². The maximum atomic E-state index is 12.0. The molecule has 0 bridgehead atoms. The highest BCUT2D eigenvalue weighted by Crippen LogP contribution is 2.14. The molecular formula is C21H27N3O4. The lowest BCUT2D eigenvalue weighted by Gasteiger charge is -2.13. The van der Waals surface area contributed by atoms with Crippen LogP contribution in [0.5, 0.6) is 5.88 Å². The molecule has 150 valence electrons. The van der Waals surface area contributed by atoms with Crippen LogP contribution < -0.4 is 10.1 Å². The van der Waals surface area contributed by atoms with Gasteiger partial charge < -0.3 is 9.47 Å². The fraction of sp³-hybridized carbons (Fsp3) is 0.429. The highest BCUT2D eigenvalue weighted by Gasteiger charge is 2.14. The monoisotopic (exact) mass is 385 g/mol. The second-order valence-corrected chi connectivity index (χ2v) is 6.26. The zero-order chi connectivity index (χ0) is 20.2. The number of para-hydroxylation sites is 1. The third-order valence-corrected chi connectivity index (χ3v) is 3.92. The quantitative estimate of drug-likeness (QED) is 0.376. The summed E-state index contributed by atoms with van der Waals surface area (Å²) in [6.07, 6.45) is 5.98. The van der Waals surface area contributed by atoms with Gasteiger partial charge in [0.25, 0.3) is 0 Å². The number of unbranched alkanes of at least 4 members (excludes halogenated alkanes) is 3. The van der Waals surface area contributed by atoms with E-state index >= 15 is 0 Å². The molecule has 0 radical (unpaired) electrons. The summed E-state index contributed by atoms with van der Waals surface area (Å²) in [6.45, 7) is 4.86. The van der Waals surface area contributed by atoms with Gasteiger partial charge in [0.05, 0.1) is 30.5 Å². The Labute approximate surface area is 165 Å². The van der Waals surface area contributed by atoms with Crippen molar-refractivity contribution in [3.05, 3.63) is 48.0 Å². The Morgan fingerprint density at radius 2 is 1.79 bits per heavy atom. The molecule has 0 saturated carbocycles. The van der Waals surface area contributed by atoms with Crippen molar-refractivity contribution in [2.45, 2.75) is 46.0 Å². The smallest absolute Gasteiger partial charge is 0.399 e. The van der Waals surface area contributed by atoms with E-state index in [-0.39, 0.29) is 12.0 Å². The molecular weight excluding hydrogens is 358 g/mol. The van der Waals surface area contributed by atoms with Crippen LogP contribution in [0.25, 0.3) is 5.69 Å². The van der Waals surface area contributed by atoms with E-state index in [9.17, 15) is 9.59 Å². The van der Waals surface area contributed by atoms with Crippen LogP contribution in [0, 0.1) is 0 Å². The zero-order valence-corrected chi connectivity index (χ0v) is 16.5. The number of aromatic nitrogens is 2. The molecule has 28 heavy (non-hydrogen) atoms.